The van der Waals surface area contributed by atoms with E-state index in [4.69, 9.17) is 14.8 Å². The number of aryl methyl sites for hydroxylation is 1. The Morgan fingerprint density at radius 3 is 2.67 bits per heavy atom. The summed E-state index contributed by atoms with van der Waals surface area (Å²) in [5.74, 6) is 2.54. The van der Waals surface area contributed by atoms with Gasteiger partial charge in [-0.3, -0.25) is 9.97 Å². The molecule has 0 aliphatic rings. The molecular formula is C25H20N10O. The zero-order chi connectivity index (χ0) is 24.5. The molecule has 0 bridgehead atoms. The van der Waals surface area contributed by atoms with Crippen molar-refractivity contribution < 1.29 is 4.74 Å². The molecular weight excluding hydrogens is 456 g/mol. The lowest BCUT2D eigenvalue weighted by Crippen LogP contribution is -2.07. The van der Waals surface area contributed by atoms with Crippen LogP contribution in [0, 0.1) is 0 Å². The quantitative estimate of drug-likeness (QED) is 0.383. The molecule has 6 aromatic heterocycles. The first-order valence-corrected chi connectivity index (χ1v) is 11.1. The minimum Gasteiger partial charge on any atom is -0.481 e. The van der Waals surface area contributed by atoms with Crippen LogP contribution < -0.4 is 10.1 Å². The van der Waals surface area contributed by atoms with Gasteiger partial charge in [0.05, 0.1) is 12.8 Å². The van der Waals surface area contributed by atoms with Crippen molar-refractivity contribution in [2.45, 2.75) is 0 Å². The second-order valence-electron chi connectivity index (χ2n) is 7.88. The summed E-state index contributed by atoms with van der Waals surface area (Å²) in [4.78, 5) is 26.7. The number of anilines is 2. The third kappa shape index (κ3) is 3.78. The zero-order valence-electron chi connectivity index (χ0n) is 19.4. The lowest BCUT2D eigenvalue weighted by molar-refractivity contribution is 0.397. The Kier molecular flexibility index (Phi) is 5.26. The molecule has 11 nitrogen and oxygen atoms in total. The summed E-state index contributed by atoms with van der Waals surface area (Å²) in [6.45, 7) is 0. The van der Waals surface area contributed by atoms with E-state index in [1.165, 1.54) is 6.33 Å². The maximum Gasteiger partial charge on any atom is 0.218 e. The highest BCUT2D eigenvalue weighted by Crippen LogP contribution is 2.39. The average Bonchev–Trinajstić information content (AvgIpc) is 3.53. The van der Waals surface area contributed by atoms with Crippen LogP contribution in [0.5, 0.6) is 5.88 Å². The summed E-state index contributed by atoms with van der Waals surface area (Å²) in [6, 6.07) is 11.4. The molecule has 0 fully saturated rings. The third-order valence-corrected chi connectivity index (χ3v) is 5.64. The van der Waals surface area contributed by atoms with Crippen LogP contribution in [0.3, 0.4) is 0 Å². The number of methoxy groups -OCH3 is 1. The molecule has 0 aliphatic carbocycles. The summed E-state index contributed by atoms with van der Waals surface area (Å²) in [5.41, 5.74) is 4.20. The number of rotatable bonds is 6. The van der Waals surface area contributed by atoms with Crippen LogP contribution in [0.1, 0.15) is 0 Å². The number of nitrogens with zero attached hydrogens (tertiary/aromatic N) is 9. The molecule has 1 N–H and O–H groups in total. The van der Waals surface area contributed by atoms with E-state index >= 15 is 0 Å². The summed E-state index contributed by atoms with van der Waals surface area (Å²) in [5, 5.41) is 8.16. The largest absolute Gasteiger partial charge is 0.481 e. The first kappa shape index (κ1) is 21.4. The predicted molar refractivity (Wildman–Crippen MR) is 134 cm³/mol. The topological polar surface area (TPSA) is 121 Å². The van der Waals surface area contributed by atoms with Crippen LogP contribution in [-0.4, -0.2) is 51.2 Å². The first-order chi connectivity index (χ1) is 17.7. The van der Waals surface area contributed by atoms with E-state index in [0.29, 0.717) is 29.2 Å². The van der Waals surface area contributed by atoms with Gasteiger partial charge in [0.1, 0.15) is 17.7 Å². The fraction of sp³-hybridized carbons (Fsp3) is 0.0800. The van der Waals surface area contributed by atoms with E-state index in [9.17, 15) is 0 Å². The van der Waals surface area contributed by atoms with Crippen molar-refractivity contribution in [1.82, 2.24) is 44.1 Å². The van der Waals surface area contributed by atoms with E-state index in [0.717, 1.165) is 27.9 Å². The first-order valence-electron chi connectivity index (χ1n) is 11.1. The van der Waals surface area contributed by atoms with Gasteiger partial charge in [-0.25, -0.2) is 24.5 Å². The highest BCUT2D eigenvalue weighted by Gasteiger charge is 2.23. The number of aromatic nitrogens is 9. The predicted octanol–water partition coefficient (Wildman–Crippen LogP) is 3.80. The fourth-order valence-electron chi connectivity index (χ4n) is 4.00. The summed E-state index contributed by atoms with van der Waals surface area (Å²) < 4.78 is 8.93. The molecule has 0 amide bonds. The minimum atomic E-state index is 0.429. The van der Waals surface area contributed by atoms with Crippen LogP contribution in [0.15, 0.2) is 79.9 Å². The van der Waals surface area contributed by atoms with E-state index in [-0.39, 0.29) is 0 Å². The monoisotopic (exact) mass is 476 g/mol. The van der Waals surface area contributed by atoms with Gasteiger partial charge in [-0.05, 0) is 18.2 Å². The lowest BCUT2D eigenvalue weighted by Gasteiger charge is -2.11. The normalized spacial score (nSPS) is 11.1. The summed E-state index contributed by atoms with van der Waals surface area (Å²) in [6.07, 6.45) is 12.3. The number of hydrogen-bond acceptors (Lipinski definition) is 9. The van der Waals surface area contributed by atoms with Crippen molar-refractivity contribution in [3.8, 4) is 39.9 Å². The van der Waals surface area contributed by atoms with Gasteiger partial charge in [0, 0.05) is 67.0 Å². The molecule has 36 heavy (non-hydrogen) atoms. The Morgan fingerprint density at radius 2 is 1.92 bits per heavy atom. The Morgan fingerprint density at radius 1 is 0.972 bits per heavy atom. The van der Waals surface area contributed by atoms with Crippen LogP contribution in [0.2, 0.25) is 0 Å². The van der Waals surface area contributed by atoms with Gasteiger partial charge in [-0.15, -0.1) is 5.10 Å². The second kappa shape index (κ2) is 8.87. The van der Waals surface area contributed by atoms with Gasteiger partial charge >= 0.3 is 0 Å². The highest BCUT2D eigenvalue weighted by molar-refractivity contribution is 5.98. The van der Waals surface area contributed by atoms with Gasteiger partial charge in [0.15, 0.2) is 11.6 Å². The maximum atomic E-state index is 5.27. The Hall–Kier alpha value is -5.19. The van der Waals surface area contributed by atoms with Crippen molar-refractivity contribution in [3.05, 3.63) is 79.9 Å². The van der Waals surface area contributed by atoms with Crippen molar-refractivity contribution >= 4 is 17.2 Å². The zero-order valence-corrected chi connectivity index (χ0v) is 19.4. The van der Waals surface area contributed by atoms with Gasteiger partial charge < -0.3 is 14.6 Å². The van der Waals surface area contributed by atoms with E-state index < -0.39 is 0 Å². The van der Waals surface area contributed by atoms with Crippen molar-refractivity contribution in [3.63, 3.8) is 0 Å². The molecule has 0 saturated heterocycles. The van der Waals surface area contributed by atoms with Crippen molar-refractivity contribution in [1.29, 1.82) is 0 Å². The molecule has 0 radical (unpaired) electrons. The second-order valence-corrected chi connectivity index (χ2v) is 7.88. The molecule has 6 rings (SSSR count). The Labute approximate surface area is 205 Å². The molecule has 0 saturated carbocycles. The third-order valence-electron chi connectivity index (χ3n) is 5.64. The minimum absolute atomic E-state index is 0.429. The summed E-state index contributed by atoms with van der Waals surface area (Å²) in [7, 11) is 3.45. The van der Waals surface area contributed by atoms with Crippen molar-refractivity contribution in [2.75, 3.05) is 12.4 Å². The van der Waals surface area contributed by atoms with Crippen LogP contribution in [0.4, 0.5) is 11.6 Å². The van der Waals surface area contributed by atoms with Gasteiger partial charge in [-0.2, -0.15) is 0 Å². The maximum absolute atomic E-state index is 5.27. The highest BCUT2D eigenvalue weighted by atomic mass is 16.5. The molecule has 0 spiro atoms. The number of fused-ring (bicyclic) bond motifs is 1. The van der Waals surface area contributed by atoms with Gasteiger partial charge in [0.25, 0.3) is 0 Å². The molecule has 6 aromatic rings. The molecule has 0 atom stereocenters. The standard InChI is InChI=1S/C25H20N10O/c1-34-11-10-28-25(34)24-32-23(31-19-12-20(36-2)30-15-29-19)22-21(18-7-3-4-9-27-18)17(14-35(22)33-24)16-6-5-8-26-13-16/h3-15H,1-2H3,(H,29,30,31,32,33). The van der Waals surface area contributed by atoms with E-state index in [1.54, 1.807) is 36.3 Å². The molecule has 0 aliphatic heterocycles. The molecule has 6 heterocycles. The number of imidazole rings is 1. The lowest BCUT2D eigenvalue weighted by atomic mass is 10.0. The van der Waals surface area contributed by atoms with Crippen LogP contribution >= 0.6 is 0 Å². The molecule has 0 unspecified atom stereocenters. The molecule has 176 valence electrons. The molecule has 11 heteroatoms. The smallest absolute Gasteiger partial charge is 0.218 e. The fourth-order valence-corrected chi connectivity index (χ4v) is 4.00. The van der Waals surface area contributed by atoms with Gasteiger partial charge in [-0.1, -0.05) is 12.1 Å². The Balaban J connectivity index is 1.66. The Bertz CT molecular complexity index is 1660. The van der Waals surface area contributed by atoms with E-state index in [1.807, 2.05) is 60.5 Å². The number of nitrogens with one attached hydrogen (secondary N) is 1. The number of hydrogen-bond donors (Lipinski definition) is 1. The molecule has 0 aromatic carbocycles. The summed E-state index contributed by atoms with van der Waals surface area (Å²) >= 11 is 0. The number of ether oxygens (including phenoxy) is 1. The SMILES string of the molecule is COc1cc(Nc2nc(-c3nccn3C)nn3cc(-c4cccnc4)c(-c4ccccn4)c23)ncn1. The van der Waals surface area contributed by atoms with Gasteiger partial charge in [0.2, 0.25) is 11.7 Å². The average molecular weight is 477 g/mol. The van der Waals surface area contributed by atoms with Crippen LogP contribution in [-0.2, 0) is 7.05 Å². The van der Waals surface area contributed by atoms with Crippen molar-refractivity contribution in [2.24, 2.45) is 7.05 Å². The van der Waals surface area contributed by atoms with E-state index in [2.05, 4.69) is 30.2 Å². The van der Waals surface area contributed by atoms with Crippen LogP contribution in [0.25, 0.3) is 39.5 Å². The number of pyridine rings is 2.